The maximum Gasteiger partial charge on any atom is 0.415 e. The lowest BCUT2D eigenvalue weighted by molar-refractivity contribution is -0.195. The Morgan fingerprint density at radius 2 is 1.88 bits per heavy atom. The van der Waals surface area contributed by atoms with Crippen molar-refractivity contribution in [3.8, 4) is 0 Å². The zero-order valence-electron chi connectivity index (χ0n) is 9.01. The summed E-state index contributed by atoms with van der Waals surface area (Å²) < 4.78 is 36.1. The molecule has 0 aliphatic rings. The lowest BCUT2D eigenvalue weighted by Crippen LogP contribution is -2.30. The minimum absolute atomic E-state index is 0.369. The normalized spacial score (nSPS) is 13.9. The van der Waals surface area contributed by atoms with Gasteiger partial charge in [0.15, 0.2) is 6.10 Å². The minimum atomic E-state index is -4.53. The van der Waals surface area contributed by atoms with Crippen molar-refractivity contribution in [2.24, 2.45) is 0 Å². The van der Waals surface area contributed by atoms with Crippen LogP contribution in [0.5, 0.6) is 0 Å². The van der Waals surface area contributed by atoms with Gasteiger partial charge >= 0.3 is 6.18 Å². The van der Waals surface area contributed by atoms with Crippen LogP contribution < -0.4 is 0 Å². The number of halogens is 3. The molecule has 16 heavy (non-hydrogen) atoms. The second kappa shape index (κ2) is 5.10. The number of rotatable bonds is 3. The molecule has 0 spiro atoms. The minimum Gasteiger partial charge on any atom is -0.383 e. The fourth-order valence-corrected chi connectivity index (χ4v) is 2.04. The summed E-state index contributed by atoms with van der Waals surface area (Å²) in [6.07, 6.45) is -6.80. The van der Waals surface area contributed by atoms with E-state index in [0.717, 1.165) is 27.8 Å². The smallest absolute Gasteiger partial charge is 0.383 e. The molecule has 0 aliphatic heterocycles. The summed E-state index contributed by atoms with van der Waals surface area (Å²) in [5, 5.41) is 8.83. The first-order valence-electron chi connectivity index (χ1n) is 4.75. The van der Waals surface area contributed by atoms with E-state index in [9.17, 15) is 13.2 Å². The average Bonchev–Trinajstić information content (AvgIpc) is 2.18. The van der Waals surface area contributed by atoms with Crippen LogP contribution in [0.15, 0.2) is 23.1 Å². The third-order valence-corrected chi connectivity index (χ3v) is 3.33. The number of alkyl halides is 3. The van der Waals surface area contributed by atoms with Gasteiger partial charge in [0.2, 0.25) is 0 Å². The molecule has 0 aromatic heterocycles. The van der Waals surface area contributed by atoms with E-state index in [1.54, 1.807) is 6.07 Å². The van der Waals surface area contributed by atoms with Gasteiger partial charge in [-0.05, 0) is 37.1 Å². The molecular weight excluding hydrogens is 237 g/mol. The van der Waals surface area contributed by atoms with Crippen molar-refractivity contribution in [1.82, 2.24) is 0 Å². The van der Waals surface area contributed by atoms with E-state index < -0.39 is 12.3 Å². The zero-order chi connectivity index (χ0) is 12.3. The van der Waals surface area contributed by atoms with Gasteiger partial charge in [0.05, 0.1) is 0 Å². The standard InChI is InChI=1S/C11H13F3OS/c1-7-3-4-9(5-8(7)2)16-6-10(15)11(12,13)14/h3-5,10,15H,6H2,1-2H3. The molecule has 1 atom stereocenters. The van der Waals surface area contributed by atoms with E-state index >= 15 is 0 Å². The van der Waals surface area contributed by atoms with Crippen LogP contribution in [0.4, 0.5) is 13.2 Å². The molecule has 1 N–H and O–H groups in total. The maximum atomic E-state index is 12.0. The fourth-order valence-electron chi connectivity index (χ4n) is 1.07. The summed E-state index contributed by atoms with van der Waals surface area (Å²) in [6.45, 7) is 3.84. The van der Waals surface area contributed by atoms with Crippen LogP contribution >= 0.6 is 11.8 Å². The fraction of sp³-hybridized carbons (Fsp3) is 0.455. The molecule has 1 aromatic rings. The van der Waals surface area contributed by atoms with Crippen LogP contribution in [0.25, 0.3) is 0 Å². The SMILES string of the molecule is Cc1ccc(SCC(O)C(F)(F)F)cc1C. The van der Waals surface area contributed by atoms with Crippen molar-refractivity contribution < 1.29 is 18.3 Å². The van der Waals surface area contributed by atoms with Crippen LogP contribution in [-0.4, -0.2) is 23.1 Å². The van der Waals surface area contributed by atoms with E-state index in [-0.39, 0.29) is 5.75 Å². The van der Waals surface area contributed by atoms with Gasteiger partial charge in [-0.2, -0.15) is 13.2 Å². The third kappa shape index (κ3) is 3.72. The molecule has 5 heteroatoms. The Bertz CT molecular complexity index is 363. The highest BCUT2D eigenvalue weighted by Crippen LogP contribution is 2.27. The van der Waals surface area contributed by atoms with Crippen molar-refractivity contribution in [1.29, 1.82) is 0 Å². The highest BCUT2D eigenvalue weighted by atomic mass is 32.2. The summed E-state index contributed by atoms with van der Waals surface area (Å²) in [7, 11) is 0. The van der Waals surface area contributed by atoms with Crippen LogP contribution in [0.1, 0.15) is 11.1 Å². The molecular formula is C11H13F3OS. The molecule has 0 bridgehead atoms. The second-order valence-corrected chi connectivity index (χ2v) is 4.71. The van der Waals surface area contributed by atoms with Gasteiger partial charge in [-0.3, -0.25) is 0 Å². The lowest BCUT2D eigenvalue weighted by Gasteiger charge is -2.14. The Morgan fingerprint density at radius 1 is 1.25 bits per heavy atom. The molecule has 1 aromatic carbocycles. The second-order valence-electron chi connectivity index (χ2n) is 3.61. The molecule has 0 radical (unpaired) electrons. The molecule has 1 rings (SSSR count). The molecule has 1 nitrogen and oxygen atoms in total. The Morgan fingerprint density at radius 3 is 2.38 bits per heavy atom. The quantitative estimate of drug-likeness (QED) is 0.830. The predicted molar refractivity (Wildman–Crippen MR) is 58.7 cm³/mol. The van der Waals surface area contributed by atoms with Crippen molar-refractivity contribution in [2.75, 3.05) is 5.75 Å². The van der Waals surface area contributed by atoms with Crippen molar-refractivity contribution in [2.45, 2.75) is 31.0 Å². The Kier molecular flexibility index (Phi) is 4.27. The van der Waals surface area contributed by atoms with Crippen LogP contribution in [0.3, 0.4) is 0 Å². The van der Waals surface area contributed by atoms with Crippen molar-refractivity contribution in [3.63, 3.8) is 0 Å². The molecule has 0 amide bonds. The van der Waals surface area contributed by atoms with Gasteiger partial charge in [-0.25, -0.2) is 0 Å². The highest BCUT2D eigenvalue weighted by molar-refractivity contribution is 7.99. The number of hydrogen-bond acceptors (Lipinski definition) is 2. The first-order chi connectivity index (χ1) is 7.30. The van der Waals surface area contributed by atoms with Crippen molar-refractivity contribution >= 4 is 11.8 Å². The summed E-state index contributed by atoms with van der Waals surface area (Å²) in [5.41, 5.74) is 2.13. The van der Waals surface area contributed by atoms with Gasteiger partial charge in [0, 0.05) is 10.6 Å². The summed E-state index contributed by atoms with van der Waals surface area (Å²) in [5.74, 6) is -0.369. The van der Waals surface area contributed by atoms with E-state index in [4.69, 9.17) is 5.11 Å². The van der Waals surface area contributed by atoms with Gasteiger partial charge < -0.3 is 5.11 Å². The van der Waals surface area contributed by atoms with Crippen LogP contribution in [-0.2, 0) is 0 Å². The number of aryl methyl sites for hydroxylation is 2. The lowest BCUT2D eigenvalue weighted by atomic mass is 10.1. The van der Waals surface area contributed by atoms with E-state index in [1.807, 2.05) is 26.0 Å². The number of aliphatic hydroxyl groups excluding tert-OH is 1. The number of aliphatic hydroxyl groups is 1. The van der Waals surface area contributed by atoms with Crippen LogP contribution in [0.2, 0.25) is 0 Å². The van der Waals surface area contributed by atoms with E-state index in [2.05, 4.69) is 0 Å². The molecule has 0 saturated heterocycles. The average molecular weight is 250 g/mol. The number of hydrogen-bond donors (Lipinski definition) is 1. The highest BCUT2D eigenvalue weighted by Gasteiger charge is 2.37. The number of thioether (sulfide) groups is 1. The van der Waals surface area contributed by atoms with Crippen molar-refractivity contribution in [3.05, 3.63) is 29.3 Å². The molecule has 0 saturated carbocycles. The summed E-state index contributed by atoms with van der Waals surface area (Å²) >= 11 is 1.01. The monoisotopic (exact) mass is 250 g/mol. The predicted octanol–water partition coefficient (Wildman–Crippen LogP) is 3.32. The Balaban J connectivity index is 2.58. The number of benzene rings is 1. The largest absolute Gasteiger partial charge is 0.415 e. The van der Waals surface area contributed by atoms with Gasteiger partial charge in [0.1, 0.15) is 0 Å². The van der Waals surface area contributed by atoms with E-state index in [0.29, 0.717) is 0 Å². The molecule has 0 aliphatic carbocycles. The topological polar surface area (TPSA) is 20.2 Å². The van der Waals surface area contributed by atoms with E-state index in [1.165, 1.54) is 0 Å². The maximum absolute atomic E-state index is 12.0. The van der Waals surface area contributed by atoms with Gasteiger partial charge in [0.25, 0.3) is 0 Å². The molecule has 0 fully saturated rings. The van der Waals surface area contributed by atoms with Crippen LogP contribution in [0, 0.1) is 13.8 Å². The summed E-state index contributed by atoms with van der Waals surface area (Å²) in [6, 6.07) is 5.44. The van der Waals surface area contributed by atoms with Gasteiger partial charge in [-0.1, -0.05) is 6.07 Å². The third-order valence-electron chi connectivity index (χ3n) is 2.26. The summed E-state index contributed by atoms with van der Waals surface area (Å²) in [4.78, 5) is 0.742. The first kappa shape index (κ1) is 13.4. The Hall–Kier alpha value is -0.680. The zero-order valence-corrected chi connectivity index (χ0v) is 9.82. The molecule has 1 unspecified atom stereocenters. The Labute approximate surface area is 96.7 Å². The first-order valence-corrected chi connectivity index (χ1v) is 5.74. The molecule has 0 heterocycles. The van der Waals surface area contributed by atoms with Gasteiger partial charge in [-0.15, -0.1) is 11.8 Å². The molecule has 90 valence electrons.